The van der Waals surface area contributed by atoms with E-state index in [1.54, 1.807) is 18.4 Å². The van der Waals surface area contributed by atoms with Gasteiger partial charge in [-0.1, -0.05) is 18.2 Å². The van der Waals surface area contributed by atoms with Gasteiger partial charge in [0.2, 0.25) is 0 Å². The zero-order valence-corrected chi connectivity index (χ0v) is 14.0. The second kappa shape index (κ2) is 6.59. The molecular weight excluding hydrogens is 336 g/mol. The predicted molar refractivity (Wildman–Crippen MR) is 87.2 cm³/mol. The maximum atomic E-state index is 8.18. The van der Waals surface area contributed by atoms with Gasteiger partial charge in [0.05, 0.1) is 13.7 Å². The minimum absolute atomic E-state index is 0. The molecule has 1 aliphatic carbocycles. The Hall–Kier alpha value is -1.07. The summed E-state index contributed by atoms with van der Waals surface area (Å²) in [5.74, 6) is 0.908. The van der Waals surface area contributed by atoms with Crippen LogP contribution in [0.4, 0.5) is 0 Å². The van der Waals surface area contributed by atoms with Gasteiger partial charge in [-0.3, -0.25) is 5.41 Å². The highest BCUT2D eigenvalue weighted by molar-refractivity contribution is 8.93. The number of halogens is 1. The Kier molecular flexibility index (Phi) is 5.05. The van der Waals surface area contributed by atoms with Crippen molar-refractivity contribution in [1.29, 1.82) is 5.41 Å². The van der Waals surface area contributed by atoms with Gasteiger partial charge in [-0.25, -0.2) is 0 Å². The molecule has 0 fully saturated rings. The van der Waals surface area contributed by atoms with Crippen molar-refractivity contribution in [3.63, 3.8) is 0 Å². The Bertz CT molecular complexity index is 648. The van der Waals surface area contributed by atoms with E-state index in [4.69, 9.17) is 10.1 Å². The molecule has 108 valence electrons. The largest absolute Gasteiger partial charge is 0.496 e. The van der Waals surface area contributed by atoms with E-state index in [1.807, 2.05) is 18.2 Å². The molecule has 1 aromatic carbocycles. The summed E-state index contributed by atoms with van der Waals surface area (Å²) in [5, 5.41) is 8.18. The van der Waals surface area contributed by atoms with Crippen LogP contribution in [0, 0.1) is 5.41 Å². The SMILES string of the molecule is Br.COc1ccccc1Cn1c2c(sc1=N)CCCC2. The fourth-order valence-corrected chi connectivity index (χ4v) is 3.82. The molecule has 0 atom stereocenters. The van der Waals surface area contributed by atoms with Crippen LogP contribution in [0.15, 0.2) is 24.3 Å². The smallest absolute Gasteiger partial charge is 0.182 e. The number of hydrogen-bond donors (Lipinski definition) is 1. The number of nitrogens with one attached hydrogen (secondary N) is 1. The number of thiazole rings is 1. The Morgan fingerprint density at radius 3 is 2.80 bits per heavy atom. The molecule has 1 aliphatic rings. The average molecular weight is 355 g/mol. The standard InChI is InChI=1S/C15H18N2OS.BrH/c1-18-13-8-4-2-6-11(13)10-17-12-7-3-5-9-14(12)19-15(17)16;/h2,4,6,8,16H,3,5,7,9-10H2,1H3;1H. The molecule has 5 heteroatoms. The number of hydrogen-bond acceptors (Lipinski definition) is 3. The summed E-state index contributed by atoms with van der Waals surface area (Å²) in [5.41, 5.74) is 2.52. The van der Waals surface area contributed by atoms with Crippen LogP contribution >= 0.6 is 28.3 Å². The van der Waals surface area contributed by atoms with Gasteiger partial charge in [0, 0.05) is 16.1 Å². The first-order chi connectivity index (χ1) is 9.29. The maximum Gasteiger partial charge on any atom is 0.182 e. The lowest BCUT2D eigenvalue weighted by molar-refractivity contribution is 0.407. The number of methoxy groups -OCH3 is 1. The van der Waals surface area contributed by atoms with E-state index in [0.717, 1.165) is 30.7 Å². The molecule has 3 rings (SSSR count). The van der Waals surface area contributed by atoms with E-state index in [-0.39, 0.29) is 17.0 Å². The highest BCUT2D eigenvalue weighted by Crippen LogP contribution is 2.25. The molecule has 0 unspecified atom stereocenters. The van der Waals surface area contributed by atoms with Gasteiger partial charge in [-0.15, -0.1) is 28.3 Å². The lowest BCUT2D eigenvalue weighted by Crippen LogP contribution is -2.18. The summed E-state index contributed by atoms with van der Waals surface area (Å²) in [6, 6.07) is 8.08. The van der Waals surface area contributed by atoms with Gasteiger partial charge >= 0.3 is 0 Å². The molecule has 0 spiro atoms. The van der Waals surface area contributed by atoms with E-state index < -0.39 is 0 Å². The van der Waals surface area contributed by atoms with Crippen molar-refractivity contribution >= 4 is 28.3 Å². The number of rotatable bonds is 3. The number of benzene rings is 1. The molecule has 0 bridgehead atoms. The van der Waals surface area contributed by atoms with Crippen LogP contribution < -0.4 is 9.54 Å². The summed E-state index contributed by atoms with van der Waals surface area (Å²) in [6.07, 6.45) is 4.77. The predicted octanol–water partition coefficient (Wildman–Crippen LogP) is 3.54. The number of para-hydroxylation sites is 1. The molecule has 1 N–H and O–H groups in total. The summed E-state index contributed by atoms with van der Waals surface area (Å²) >= 11 is 1.64. The van der Waals surface area contributed by atoms with E-state index in [1.165, 1.54) is 23.4 Å². The number of aromatic nitrogens is 1. The van der Waals surface area contributed by atoms with Gasteiger partial charge in [0.1, 0.15) is 5.75 Å². The minimum atomic E-state index is 0. The summed E-state index contributed by atoms with van der Waals surface area (Å²) < 4.78 is 7.56. The van der Waals surface area contributed by atoms with E-state index in [2.05, 4.69) is 10.6 Å². The molecule has 0 amide bonds. The van der Waals surface area contributed by atoms with Crippen molar-refractivity contribution in [2.75, 3.05) is 7.11 Å². The van der Waals surface area contributed by atoms with Gasteiger partial charge in [-0.05, 0) is 31.7 Å². The lowest BCUT2D eigenvalue weighted by atomic mass is 10.0. The fraction of sp³-hybridized carbons (Fsp3) is 0.400. The van der Waals surface area contributed by atoms with Crippen LogP contribution in [0.2, 0.25) is 0 Å². The number of ether oxygens (including phenoxy) is 1. The van der Waals surface area contributed by atoms with Crippen LogP contribution in [0.5, 0.6) is 5.75 Å². The first kappa shape index (κ1) is 15.3. The Balaban J connectivity index is 0.00000147. The van der Waals surface area contributed by atoms with Crippen molar-refractivity contribution < 1.29 is 4.74 Å². The lowest BCUT2D eigenvalue weighted by Gasteiger charge is -2.15. The zero-order valence-electron chi connectivity index (χ0n) is 11.5. The highest BCUT2D eigenvalue weighted by atomic mass is 79.9. The van der Waals surface area contributed by atoms with Gasteiger partial charge in [0.25, 0.3) is 0 Å². The van der Waals surface area contributed by atoms with E-state index in [9.17, 15) is 0 Å². The average Bonchev–Trinajstić information content (AvgIpc) is 2.76. The van der Waals surface area contributed by atoms with E-state index >= 15 is 0 Å². The van der Waals surface area contributed by atoms with Crippen molar-refractivity contribution in [2.24, 2.45) is 0 Å². The Labute approximate surface area is 133 Å². The molecule has 0 aliphatic heterocycles. The molecule has 0 radical (unpaired) electrons. The van der Waals surface area contributed by atoms with Crippen molar-refractivity contribution in [3.05, 3.63) is 45.2 Å². The molecule has 0 saturated heterocycles. The molecule has 1 heterocycles. The Morgan fingerprint density at radius 1 is 1.25 bits per heavy atom. The van der Waals surface area contributed by atoms with Gasteiger partial charge < -0.3 is 9.30 Å². The third-order valence-corrected chi connectivity index (χ3v) is 4.80. The minimum Gasteiger partial charge on any atom is -0.496 e. The number of aryl methyl sites for hydroxylation is 1. The second-order valence-electron chi connectivity index (χ2n) is 4.88. The molecule has 1 aromatic heterocycles. The van der Waals surface area contributed by atoms with Crippen molar-refractivity contribution in [2.45, 2.75) is 32.2 Å². The van der Waals surface area contributed by atoms with Crippen LogP contribution in [0.3, 0.4) is 0 Å². The second-order valence-corrected chi connectivity index (χ2v) is 5.97. The van der Waals surface area contributed by atoms with Crippen LogP contribution in [-0.2, 0) is 19.4 Å². The van der Waals surface area contributed by atoms with Gasteiger partial charge in [0.15, 0.2) is 4.80 Å². The third kappa shape index (κ3) is 2.83. The fourth-order valence-electron chi connectivity index (χ4n) is 2.72. The van der Waals surface area contributed by atoms with Gasteiger partial charge in [-0.2, -0.15) is 0 Å². The molecule has 2 aromatic rings. The number of fused-ring (bicyclic) bond motifs is 1. The van der Waals surface area contributed by atoms with Crippen LogP contribution in [0.25, 0.3) is 0 Å². The topological polar surface area (TPSA) is 38.0 Å². The van der Waals surface area contributed by atoms with Crippen LogP contribution in [0.1, 0.15) is 29.0 Å². The summed E-state index contributed by atoms with van der Waals surface area (Å²) in [4.78, 5) is 2.07. The Morgan fingerprint density at radius 2 is 2.00 bits per heavy atom. The normalized spacial score (nSPS) is 13.4. The monoisotopic (exact) mass is 354 g/mol. The maximum absolute atomic E-state index is 8.18. The zero-order chi connectivity index (χ0) is 13.2. The van der Waals surface area contributed by atoms with Crippen LogP contribution in [-0.4, -0.2) is 11.7 Å². The molecular formula is C15H19BrN2OS. The molecule has 0 saturated carbocycles. The molecule has 3 nitrogen and oxygen atoms in total. The van der Waals surface area contributed by atoms with Crippen molar-refractivity contribution in [1.82, 2.24) is 4.57 Å². The van der Waals surface area contributed by atoms with E-state index in [0.29, 0.717) is 4.80 Å². The summed E-state index contributed by atoms with van der Waals surface area (Å²) in [7, 11) is 1.70. The number of nitrogens with zero attached hydrogens (tertiary/aromatic N) is 1. The molecule has 20 heavy (non-hydrogen) atoms. The quantitative estimate of drug-likeness (QED) is 0.899. The first-order valence-electron chi connectivity index (χ1n) is 6.67. The first-order valence-corrected chi connectivity index (χ1v) is 7.49. The highest BCUT2D eigenvalue weighted by Gasteiger charge is 2.17. The third-order valence-electron chi connectivity index (χ3n) is 3.70. The van der Waals surface area contributed by atoms with Crippen molar-refractivity contribution in [3.8, 4) is 5.75 Å². The summed E-state index contributed by atoms with van der Waals surface area (Å²) in [6.45, 7) is 0.745.